The van der Waals surface area contributed by atoms with Crippen molar-refractivity contribution in [2.24, 2.45) is 12.8 Å². The first-order valence-corrected chi connectivity index (χ1v) is 5.76. The molecule has 5 nitrogen and oxygen atoms in total. The third kappa shape index (κ3) is 3.64. The summed E-state index contributed by atoms with van der Waals surface area (Å²) < 4.78 is 0. The molecule has 17 heavy (non-hydrogen) atoms. The van der Waals surface area contributed by atoms with Gasteiger partial charge >= 0.3 is 0 Å². The number of hydrogen-bond acceptors (Lipinski definition) is 4. The van der Waals surface area contributed by atoms with E-state index in [0.29, 0.717) is 12.2 Å². The van der Waals surface area contributed by atoms with Crippen LogP contribution in [0.4, 0.5) is 0 Å². The molecule has 0 aliphatic heterocycles. The minimum atomic E-state index is 0.0828. The number of hydrogen-bond donors (Lipinski definition) is 1. The van der Waals surface area contributed by atoms with Crippen molar-refractivity contribution < 1.29 is 0 Å². The van der Waals surface area contributed by atoms with Crippen molar-refractivity contribution in [3.63, 3.8) is 0 Å². The van der Waals surface area contributed by atoms with E-state index >= 15 is 0 Å². The van der Waals surface area contributed by atoms with Gasteiger partial charge in [-0.1, -0.05) is 30.3 Å². The molecule has 2 N–H and O–H groups in total. The van der Waals surface area contributed by atoms with Gasteiger partial charge in [0.1, 0.15) is 0 Å². The SMILES string of the molecule is Cn1nnc(CC(N)CCc2ccccc2)n1. The summed E-state index contributed by atoms with van der Waals surface area (Å²) in [5.41, 5.74) is 7.36. The van der Waals surface area contributed by atoms with Crippen LogP contribution in [0.2, 0.25) is 0 Å². The first kappa shape index (κ1) is 11.7. The summed E-state index contributed by atoms with van der Waals surface area (Å²) in [6.45, 7) is 0. The van der Waals surface area contributed by atoms with Gasteiger partial charge in [-0.25, -0.2) is 0 Å². The molecule has 90 valence electrons. The Bertz CT molecular complexity index is 451. The Morgan fingerprint density at radius 1 is 1.29 bits per heavy atom. The van der Waals surface area contributed by atoms with Gasteiger partial charge in [0.2, 0.25) is 0 Å². The molecule has 0 aliphatic carbocycles. The molecule has 0 saturated carbocycles. The molecule has 1 aromatic carbocycles. The van der Waals surface area contributed by atoms with E-state index in [0.717, 1.165) is 12.8 Å². The van der Waals surface area contributed by atoms with Crippen molar-refractivity contribution >= 4 is 0 Å². The molecule has 0 fully saturated rings. The molecule has 1 aromatic heterocycles. The van der Waals surface area contributed by atoms with Crippen LogP contribution in [-0.4, -0.2) is 26.2 Å². The lowest BCUT2D eigenvalue weighted by Crippen LogP contribution is -2.24. The standard InChI is InChI=1S/C12H17N5/c1-17-15-12(14-16-17)9-11(13)8-7-10-5-3-2-4-6-10/h2-6,11H,7-9,13H2,1H3. The highest BCUT2D eigenvalue weighted by Crippen LogP contribution is 2.05. The van der Waals surface area contributed by atoms with Crippen LogP contribution in [-0.2, 0) is 19.9 Å². The smallest absolute Gasteiger partial charge is 0.176 e. The van der Waals surface area contributed by atoms with Gasteiger partial charge < -0.3 is 5.73 Å². The summed E-state index contributed by atoms with van der Waals surface area (Å²) in [4.78, 5) is 1.46. The van der Waals surface area contributed by atoms with Crippen LogP contribution in [0.15, 0.2) is 30.3 Å². The molecule has 5 heteroatoms. The van der Waals surface area contributed by atoms with E-state index in [1.807, 2.05) is 18.2 Å². The molecule has 1 unspecified atom stereocenters. The van der Waals surface area contributed by atoms with Gasteiger partial charge in [-0.05, 0) is 23.6 Å². The molecule has 0 bridgehead atoms. The predicted molar refractivity (Wildman–Crippen MR) is 65.2 cm³/mol. The number of aryl methyl sites for hydroxylation is 2. The van der Waals surface area contributed by atoms with Crippen molar-refractivity contribution in [3.8, 4) is 0 Å². The topological polar surface area (TPSA) is 69.6 Å². The Labute approximate surface area is 101 Å². The third-order valence-corrected chi connectivity index (χ3v) is 2.64. The van der Waals surface area contributed by atoms with Crippen LogP contribution >= 0.6 is 0 Å². The fraction of sp³-hybridized carbons (Fsp3) is 0.417. The molecule has 0 saturated heterocycles. The van der Waals surface area contributed by atoms with Crippen molar-refractivity contribution in [3.05, 3.63) is 41.7 Å². The van der Waals surface area contributed by atoms with Crippen LogP contribution in [0.3, 0.4) is 0 Å². The monoisotopic (exact) mass is 231 g/mol. The zero-order valence-electron chi connectivity index (χ0n) is 9.95. The van der Waals surface area contributed by atoms with Gasteiger partial charge in [0, 0.05) is 12.5 Å². The average molecular weight is 231 g/mol. The molecule has 0 aliphatic rings. The van der Waals surface area contributed by atoms with Crippen molar-refractivity contribution in [1.29, 1.82) is 0 Å². The highest BCUT2D eigenvalue weighted by atomic mass is 15.6. The second kappa shape index (κ2) is 5.54. The molecule has 1 atom stereocenters. The van der Waals surface area contributed by atoms with Crippen LogP contribution in [0, 0.1) is 0 Å². The number of nitrogens with zero attached hydrogens (tertiary/aromatic N) is 4. The maximum Gasteiger partial charge on any atom is 0.176 e. The molecule has 0 spiro atoms. The van der Waals surface area contributed by atoms with E-state index in [2.05, 4.69) is 27.5 Å². The van der Waals surface area contributed by atoms with Crippen molar-refractivity contribution in [1.82, 2.24) is 20.2 Å². The summed E-state index contributed by atoms with van der Waals surface area (Å²) >= 11 is 0. The number of rotatable bonds is 5. The van der Waals surface area contributed by atoms with E-state index in [9.17, 15) is 0 Å². The van der Waals surface area contributed by atoms with Gasteiger partial charge in [0.15, 0.2) is 5.82 Å². The Hall–Kier alpha value is -1.75. The van der Waals surface area contributed by atoms with Gasteiger partial charge in [-0.2, -0.15) is 4.80 Å². The number of benzene rings is 1. The fourth-order valence-corrected chi connectivity index (χ4v) is 1.74. The molecule has 2 aromatic rings. The molecular weight excluding hydrogens is 214 g/mol. The molecule has 2 rings (SSSR count). The number of tetrazole rings is 1. The second-order valence-electron chi connectivity index (χ2n) is 4.18. The Kier molecular flexibility index (Phi) is 3.82. The highest BCUT2D eigenvalue weighted by molar-refractivity contribution is 5.14. The normalized spacial score (nSPS) is 12.6. The lowest BCUT2D eigenvalue weighted by Gasteiger charge is -2.08. The predicted octanol–water partition coefficient (Wildman–Crippen LogP) is 0.713. The van der Waals surface area contributed by atoms with E-state index < -0.39 is 0 Å². The lowest BCUT2D eigenvalue weighted by molar-refractivity contribution is 0.587. The molecular formula is C12H17N5. The number of nitrogens with two attached hydrogens (primary N) is 1. The van der Waals surface area contributed by atoms with E-state index in [4.69, 9.17) is 5.73 Å². The van der Waals surface area contributed by atoms with Gasteiger partial charge in [0.25, 0.3) is 0 Å². The zero-order valence-corrected chi connectivity index (χ0v) is 9.95. The zero-order chi connectivity index (χ0) is 12.1. The van der Waals surface area contributed by atoms with Gasteiger partial charge in [-0.15, -0.1) is 10.2 Å². The van der Waals surface area contributed by atoms with E-state index in [1.54, 1.807) is 7.05 Å². The van der Waals surface area contributed by atoms with Gasteiger partial charge in [-0.3, -0.25) is 0 Å². The molecule has 0 amide bonds. The summed E-state index contributed by atoms with van der Waals surface area (Å²) in [5, 5.41) is 11.8. The quantitative estimate of drug-likeness (QED) is 0.823. The first-order chi connectivity index (χ1) is 8.24. The van der Waals surface area contributed by atoms with Crippen LogP contribution in [0.1, 0.15) is 17.8 Å². The van der Waals surface area contributed by atoms with Gasteiger partial charge in [0.05, 0.1) is 7.05 Å². The van der Waals surface area contributed by atoms with Crippen LogP contribution in [0.25, 0.3) is 0 Å². The third-order valence-electron chi connectivity index (χ3n) is 2.64. The molecule has 1 heterocycles. The van der Waals surface area contributed by atoms with E-state index in [-0.39, 0.29) is 6.04 Å². The Morgan fingerprint density at radius 3 is 2.71 bits per heavy atom. The van der Waals surface area contributed by atoms with E-state index in [1.165, 1.54) is 10.4 Å². The average Bonchev–Trinajstić information content (AvgIpc) is 2.73. The molecule has 0 radical (unpaired) electrons. The maximum absolute atomic E-state index is 6.05. The summed E-state index contributed by atoms with van der Waals surface area (Å²) in [5.74, 6) is 0.716. The highest BCUT2D eigenvalue weighted by Gasteiger charge is 2.08. The minimum Gasteiger partial charge on any atom is -0.327 e. The summed E-state index contributed by atoms with van der Waals surface area (Å²) in [6.07, 6.45) is 2.60. The van der Waals surface area contributed by atoms with Crippen LogP contribution in [0.5, 0.6) is 0 Å². The lowest BCUT2D eigenvalue weighted by atomic mass is 10.0. The Morgan fingerprint density at radius 2 is 2.06 bits per heavy atom. The largest absolute Gasteiger partial charge is 0.327 e. The van der Waals surface area contributed by atoms with Crippen molar-refractivity contribution in [2.45, 2.75) is 25.3 Å². The fourth-order valence-electron chi connectivity index (χ4n) is 1.74. The summed E-state index contributed by atoms with van der Waals surface area (Å²) in [7, 11) is 1.76. The number of aromatic nitrogens is 4. The van der Waals surface area contributed by atoms with Crippen molar-refractivity contribution in [2.75, 3.05) is 0 Å². The minimum absolute atomic E-state index is 0.0828. The first-order valence-electron chi connectivity index (χ1n) is 5.76. The Balaban J connectivity index is 1.80. The second-order valence-corrected chi connectivity index (χ2v) is 4.18. The summed E-state index contributed by atoms with van der Waals surface area (Å²) in [6, 6.07) is 10.4. The maximum atomic E-state index is 6.05. The van der Waals surface area contributed by atoms with Crippen LogP contribution < -0.4 is 5.73 Å².